The van der Waals surface area contributed by atoms with Gasteiger partial charge in [0.1, 0.15) is 6.04 Å². The number of carbonyl (C=O) groups excluding carboxylic acids is 1. The van der Waals surface area contributed by atoms with Crippen molar-refractivity contribution in [3.05, 3.63) is 44.8 Å². The van der Waals surface area contributed by atoms with E-state index in [1.807, 2.05) is 0 Å². The Morgan fingerprint density at radius 2 is 1.78 bits per heavy atom. The summed E-state index contributed by atoms with van der Waals surface area (Å²) in [4.78, 5) is 38.9. The Kier molecular flexibility index (Phi) is 11.0. The number of sulfonamides is 1. The maximum atomic E-state index is 13.4. The average molecular weight is 544 g/mol. The van der Waals surface area contributed by atoms with Gasteiger partial charge in [-0.15, -0.1) is 0 Å². The van der Waals surface area contributed by atoms with Gasteiger partial charge in [0.05, 0.1) is 37.4 Å². The lowest BCUT2D eigenvalue weighted by molar-refractivity contribution is -0.387. The predicted octanol–water partition coefficient (Wildman–Crippen LogP) is 1.14. The Labute approximate surface area is 213 Å². The monoisotopic (exact) mass is 543 g/mol. The molecule has 0 aromatic heterocycles. The minimum Gasteiger partial charge on any atom is -0.465 e. The molecule has 1 aliphatic rings. The number of nitro benzene ring substituents is 1. The van der Waals surface area contributed by atoms with Crippen LogP contribution >= 0.6 is 0 Å². The summed E-state index contributed by atoms with van der Waals surface area (Å²) in [6.07, 6.45) is -1.14. The van der Waals surface area contributed by atoms with Crippen LogP contribution in [0, 0.1) is 10.1 Å². The van der Waals surface area contributed by atoms with Crippen LogP contribution in [0.25, 0.3) is 10.4 Å². The number of para-hydroxylation sites is 1. The summed E-state index contributed by atoms with van der Waals surface area (Å²) in [5.74, 6) is -0.575. The first-order chi connectivity index (χ1) is 17.5. The van der Waals surface area contributed by atoms with Crippen LogP contribution in [0.4, 0.5) is 10.5 Å². The summed E-state index contributed by atoms with van der Waals surface area (Å²) < 4.78 is 38.2. The Morgan fingerprint density at radius 3 is 2.35 bits per heavy atom. The zero-order valence-corrected chi connectivity index (χ0v) is 21.2. The summed E-state index contributed by atoms with van der Waals surface area (Å²) >= 11 is 0. The molecule has 2 amide bonds. The van der Waals surface area contributed by atoms with E-state index >= 15 is 0 Å². The van der Waals surface area contributed by atoms with Gasteiger partial charge >= 0.3 is 6.09 Å². The Bertz CT molecular complexity index is 1130. The highest BCUT2D eigenvalue weighted by Crippen LogP contribution is 2.33. The van der Waals surface area contributed by atoms with Gasteiger partial charge in [0.25, 0.3) is 15.7 Å². The van der Waals surface area contributed by atoms with Crippen LogP contribution < -0.4 is 0 Å². The molecule has 1 fully saturated rings. The highest BCUT2D eigenvalue weighted by molar-refractivity contribution is 7.89. The molecule has 16 nitrogen and oxygen atoms in total. The fraction of sp³-hybridized carbons (Fsp3) is 0.600. The standard InChI is InChI=1S/C20H29N7O9S/c1-24(7-9-35-11-12-36-10-8-25(2)20(29)30)19(28)17-13-15(22-23-21)14-26(17)37(33,34)18-6-4-3-5-16(18)27(31)32/h3-6,15,17H,7-14H2,1-2H3,(H,29,30)/t15-,17-/m0/s1. The van der Waals surface area contributed by atoms with Crippen molar-refractivity contribution < 1.29 is 37.5 Å². The molecule has 1 N–H and O–H groups in total. The second-order valence-corrected chi connectivity index (χ2v) is 9.96. The summed E-state index contributed by atoms with van der Waals surface area (Å²) in [5, 5.41) is 23.7. The summed E-state index contributed by atoms with van der Waals surface area (Å²) in [5.41, 5.74) is 8.18. The summed E-state index contributed by atoms with van der Waals surface area (Å²) in [6, 6.07) is 2.78. The van der Waals surface area contributed by atoms with Crippen molar-refractivity contribution >= 4 is 27.7 Å². The van der Waals surface area contributed by atoms with Crippen molar-refractivity contribution in [3.63, 3.8) is 0 Å². The third kappa shape index (κ3) is 7.99. The lowest BCUT2D eigenvalue weighted by atomic mass is 10.1. The molecule has 17 heteroatoms. The van der Waals surface area contributed by atoms with Crippen molar-refractivity contribution in [3.8, 4) is 0 Å². The number of carboxylic acid groups (broad SMARTS) is 1. The molecule has 0 saturated carbocycles. The van der Waals surface area contributed by atoms with Gasteiger partial charge in [-0.2, -0.15) is 4.31 Å². The maximum absolute atomic E-state index is 13.4. The molecule has 0 radical (unpaired) electrons. The van der Waals surface area contributed by atoms with Gasteiger partial charge < -0.3 is 24.4 Å². The highest BCUT2D eigenvalue weighted by Gasteiger charge is 2.46. The van der Waals surface area contributed by atoms with Crippen LogP contribution in [-0.2, 0) is 24.3 Å². The first-order valence-electron chi connectivity index (χ1n) is 11.1. The van der Waals surface area contributed by atoms with Crippen LogP contribution in [0.15, 0.2) is 34.3 Å². The average Bonchev–Trinajstić information content (AvgIpc) is 3.29. The van der Waals surface area contributed by atoms with Crippen LogP contribution in [0.1, 0.15) is 6.42 Å². The van der Waals surface area contributed by atoms with Crippen LogP contribution in [0.2, 0.25) is 0 Å². The van der Waals surface area contributed by atoms with Gasteiger partial charge in [0.15, 0.2) is 4.90 Å². The van der Waals surface area contributed by atoms with Crippen molar-refractivity contribution in [1.29, 1.82) is 0 Å². The lowest BCUT2D eigenvalue weighted by Crippen LogP contribution is -2.47. The SMILES string of the molecule is CN(CCOCCOCCN(C)C(=O)[C@@H]1C[C@H](N=[N+]=[N-])CN1S(=O)(=O)c1ccccc1[N+](=O)[O-])C(=O)O. The zero-order valence-electron chi connectivity index (χ0n) is 20.4. The van der Waals surface area contributed by atoms with E-state index in [9.17, 15) is 28.1 Å². The molecule has 37 heavy (non-hydrogen) atoms. The van der Waals surface area contributed by atoms with Crippen molar-refractivity contribution in [1.82, 2.24) is 14.1 Å². The number of rotatable bonds is 14. The molecule has 0 spiro atoms. The van der Waals surface area contributed by atoms with Crippen LogP contribution in [0.3, 0.4) is 0 Å². The van der Waals surface area contributed by atoms with Crippen molar-refractivity contribution in [2.24, 2.45) is 5.11 Å². The van der Waals surface area contributed by atoms with E-state index in [1.165, 1.54) is 31.1 Å². The van der Waals surface area contributed by atoms with E-state index < -0.39 is 49.6 Å². The molecule has 1 aromatic carbocycles. The van der Waals surface area contributed by atoms with E-state index in [-0.39, 0.29) is 52.5 Å². The van der Waals surface area contributed by atoms with E-state index in [2.05, 4.69) is 10.0 Å². The van der Waals surface area contributed by atoms with Gasteiger partial charge in [-0.1, -0.05) is 17.2 Å². The quantitative estimate of drug-likeness (QED) is 0.0889. The van der Waals surface area contributed by atoms with E-state index in [1.54, 1.807) is 0 Å². The molecule has 1 heterocycles. The van der Waals surface area contributed by atoms with Crippen LogP contribution in [0.5, 0.6) is 0 Å². The normalized spacial score (nSPS) is 17.7. The smallest absolute Gasteiger partial charge is 0.407 e. The largest absolute Gasteiger partial charge is 0.465 e. The number of carbonyl (C=O) groups is 2. The van der Waals surface area contributed by atoms with E-state index in [0.717, 1.165) is 21.3 Å². The Morgan fingerprint density at radius 1 is 1.19 bits per heavy atom. The fourth-order valence-corrected chi connectivity index (χ4v) is 5.36. The van der Waals surface area contributed by atoms with Gasteiger partial charge in [0, 0.05) is 44.7 Å². The van der Waals surface area contributed by atoms with E-state index in [0.29, 0.717) is 0 Å². The van der Waals surface area contributed by atoms with Gasteiger partial charge in [-0.3, -0.25) is 14.9 Å². The predicted molar refractivity (Wildman–Crippen MR) is 128 cm³/mol. The molecule has 204 valence electrons. The molecule has 2 atom stereocenters. The summed E-state index contributed by atoms with van der Waals surface area (Å²) in [7, 11) is -1.59. The lowest BCUT2D eigenvalue weighted by Gasteiger charge is -2.27. The number of nitro groups is 1. The van der Waals surface area contributed by atoms with Crippen molar-refractivity contribution in [2.75, 3.05) is 60.2 Å². The topological polar surface area (TPSA) is 209 Å². The Hall–Kier alpha value is -3.50. The number of azide groups is 1. The number of nitrogens with zero attached hydrogens (tertiary/aromatic N) is 7. The first kappa shape index (κ1) is 29.7. The molecule has 0 bridgehead atoms. The number of benzene rings is 1. The Balaban J connectivity index is 1.99. The molecule has 1 saturated heterocycles. The minimum absolute atomic E-state index is 0.0768. The first-order valence-corrected chi connectivity index (χ1v) is 12.6. The maximum Gasteiger partial charge on any atom is 0.407 e. The van der Waals surface area contributed by atoms with E-state index in [4.69, 9.17) is 20.1 Å². The van der Waals surface area contributed by atoms with Crippen molar-refractivity contribution in [2.45, 2.75) is 23.4 Å². The fourth-order valence-electron chi connectivity index (χ4n) is 3.57. The second-order valence-electron chi connectivity index (χ2n) is 8.10. The number of hydrogen-bond acceptors (Lipinski definition) is 9. The highest BCUT2D eigenvalue weighted by atomic mass is 32.2. The number of hydrogen-bond donors (Lipinski definition) is 1. The minimum atomic E-state index is -4.47. The van der Waals surface area contributed by atoms with Gasteiger partial charge in [0.2, 0.25) is 5.91 Å². The van der Waals surface area contributed by atoms with Gasteiger partial charge in [-0.25, -0.2) is 13.2 Å². The molecule has 0 unspecified atom stereocenters. The van der Waals surface area contributed by atoms with Crippen LogP contribution in [-0.4, -0.2) is 117 Å². The second kappa shape index (κ2) is 13.7. The van der Waals surface area contributed by atoms with Gasteiger partial charge in [-0.05, 0) is 18.0 Å². The zero-order chi connectivity index (χ0) is 27.6. The number of ether oxygens (including phenoxy) is 2. The molecule has 0 aliphatic carbocycles. The summed E-state index contributed by atoms with van der Waals surface area (Å²) in [6.45, 7) is 0.738. The third-order valence-corrected chi connectivity index (χ3v) is 7.52. The third-order valence-electron chi connectivity index (χ3n) is 5.60. The molecular weight excluding hydrogens is 514 g/mol. The molecule has 1 aliphatic heterocycles. The molecule has 2 rings (SSSR count). The number of amides is 2. The molecular formula is C20H29N7O9S. The molecule has 1 aromatic rings. The number of likely N-dealkylation sites (N-methyl/N-ethyl adjacent to an activating group) is 2.